The molecule has 0 radical (unpaired) electrons. The molecule has 9 heteroatoms. The minimum absolute atomic E-state index is 0.0165. The fourth-order valence-corrected chi connectivity index (χ4v) is 2.67. The molecule has 24 heavy (non-hydrogen) atoms. The summed E-state index contributed by atoms with van der Waals surface area (Å²) in [5.74, 6) is -0.445. The van der Waals surface area contributed by atoms with Crippen LogP contribution in [0, 0.1) is 10.1 Å². The number of rotatable bonds is 4. The molecule has 3 aromatic rings. The van der Waals surface area contributed by atoms with Crippen LogP contribution in [0.2, 0.25) is 0 Å². The molecule has 0 saturated carbocycles. The number of nitrogens with zero attached hydrogens (tertiary/aromatic N) is 5. The Hall–Kier alpha value is -3.23. The summed E-state index contributed by atoms with van der Waals surface area (Å²) in [6, 6.07) is 9.43. The molecule has 0 aliphatic heterocycles. The first-order chi connectivity index (χ1) is 11.4. The van der Waals surface area contributed by atoms with Gasteiger partial charge in [0.1, 0.15) is 0 Å². The van der Waals surface area contributed by atoms with Crippen molar-refractivity contribution < 1.29 is 4.92 Å². The molecular weight excluding hydrogens is 314 g/mol. The number of nitro groups is 1. The van der Waals surface area contributed by atoms with Gasteiger partial charge in [-0.25, -0.2) is 9.36 Å². The topological polar surface area (TPSA) is 105 Å². The lowest BCUT2D eigenvalue weighted by Crippen LogP contribution is -2.37. The molecule has 0 aliphatic carbocycles. The lowest BCUT2D eigenvalue weighted by molar-refractivity contribution is -0.396. The van der Waals surface area contributed by atoms with Crippen molar-refractivity contribution in [2.45, 2.75) is 13.0 Å². The third-order valence-corrected chi connectivity index (χ3v) is 3.96. The normalized spacial score (nSPS) is 11.1. The summed E-state index contributed by atoms with van der Waals surface area (Å²) < 4.78 is 3.33. The number of fused-ring (bicyclic) bond motifs is 1. The zero-order chi connectivity index (χ0) is 17.4. The van der Waals surface area contributed by atoms with Crippen LogP contribution in [-0.2, 0) is 27.1 Å². The Morgan fingerprint density at radius 3 is 2.42 bits per heavy atom. The summed E-state index contributed by atoms with van der Waals surface area (Å²) in [7, 11) is 2.77. The number of benzene rings is 1. The van der Waals surface area contributed by atoms with Crippen molar-refractivity contribution in [1.82, 2.24) is 18.7 Å². The fourth-order valence-electron chi connectivity index (χ4n) is 2.67. The van der Waals surface area contributed by atoms with E-state index in [4.69, 9.17) is 0 Å². The van der Waals surface area contributed by atoms with Gasteiger partial charge in [-0.2, -0.15) is 0 Å². The van der Waals surface area contributed by atoms with E-state index in [9.17, 15) is 19.7 Å². The molecule has 0 spiro atoms. The Morgan fingerprint density at radius 1 is 1.12 bits per heavy atom. The highest BCUT2D eigenvalue weighted by atomic mass is 16.6. The average Bonchev–Trinajstić information content (AvgIpc) is 2.97. The molecule has 9 nitrogen and oxygen atoms in total. The fraction of sp³-hybridized carbons (Fsp3) is 0.267. The van der Waals surface area contributed by atoms with Crippen molar-refractivity contribution in [3.05, 3.63) is 66.8 Å². The predicted octanol–water partition coefficient (Wildman–Crippen LogP) is 0.585. The van der Waals surface area contributed by atoms with Crippen LogP contribution in [0.25, 0.3) is 11.2 Å². The Balaban J connectivity index is 2.21. The zero-order valence-electron chi connectivity index (χ0n) is 13.2. The smallest absolute Gasteiger partial charge is 0.390 e. The van der Waals surface area contributed by atoms with Gasteiger partial charge in [0.25, 0.3) is 11.2 Å². The first kappa shape index (κ1) is 15.7. The summed E-state index contributed by atoms with van der Waals surface area (Å²) >= 11 is 0. The van der Waals surface area contributed by atoms with Crippen molar-refractivity contribution in [2.24, 2.45) is 14.1 Å². The number of aryl methyl sites for hydroxylation is 3. The molecule has 2 heterocycles. The Morgan fingerprint density at radius 2 is 1.79 bits per heavy atom. The molecule has 0 atom stereocenters. The summed E-state index contributed by atoms with van der Waals surface area (Å²) in [5.41, 5.74) is -0.114. The third-order valence-electron chi connectivity index (χ3n) is 3.96. The molecule has 0 N–H and O–H groups in total. The maximum atomic E-state index is 12.4. The average molecular weight is 329 g/mol. The van der Waals surface area contributed by atoms with Gasteiger partial charge in [0.2, 0.25) is 5.52 Å². The van der Waals surface area contributed by atoms with Gasteiger partial charge in [-0.15, -0.1) is 0 Å². The molecule has 2 aromatic heterocycles. The number of imidazole rings is 1. The highest BCUT2D eigenvalue weighted by Gasteiger charge is 2.27. The van der Waals surface area contributed by atoms with Crippen LogP contribution in [0.1, 0.15) is 5.56 Å². The standard InChI is InChI=1S/C15H15N5O4/c1-17-12-11(13(21)18(2)15(17)22)19(14(16-12)20(23)24)9-8-10-6-4-3-5-7-10/h3-7H,8-9H2,1-2H3. The van der Waals surface area contributed by atoms with Crippen LogP contribution in [0.15, 0.2) is 39.9 Å². The Kier molecular flexibility index (Phi) is 3.76. The van der Waals surface area contributed by atoms with E-state index in [0.717, 1.165) is 14.7 Å². The molecule has 0 amide bonds. The quantitative estimate of drug-likeness (QED) is 0.514. The van der Waals surface area contributed by atoms with Gasteiger partial charge < -0.3 is 10.1 Å². The zero-order valence-corrected chi connectivity index (χ0v) is 13.2. The van der Waals surface area contributed by atoms with E-state index in [1.54, 1.807) is 0 Å². The van der Waals surface area contributed by atoms with Crippen LogP contribution < -0.4 is 11.2 Å². The van der Waals surface area contributed by atoms with E-state index in [2.05, 4.69) is 4.98 Å². The van der Waals surface area contributed by atoms with Crippen molar-refractivity contribution >= 4 is 17.1 Å². The van der Waals surface area contributed by atoms with Crippen LogP contribution in [-0.4, -0.2) is 23.6 Å². The molecule has 0 fully saturated rings. The molecule has 3 rings (SSSR count). The molecule has 1 aromatic carbocycles. The first-order valence-electron chi connectivity index (χ1n) is 7.26. The second kappa shape index (κ2) is 5.76. The predicted molar refractivity (Wildman–Crippen MR) is 87.0 cm³/mol. The van der Waals surface area contributed by atoms with Crippen LogP contribution in [0.5, 0.6) is 0 Å². The third kappa shape index (κ3) is 2.39. The van der Waals surface area contributed by atoms with Crippen LogP contribution in [0.4, 0.5) is 5.95 Å². The van der Waals surface area contributed by atoms with E-state index in [1.165, 1.54) is 18.7 Å². The monoisotopic (exact) mass is 329 g/mol. The minimum Gasteiger partial charge on any atom is -0.390 e. The van der Waals surface area contributed by atoms with E-state index < -0.39 is 22.1 Å². The van der Waals surface area contributed by atoms with E-state index in [1.807, 2.05) is 30.3 Å². The number of hydrogen-bond donors (Lipinski definition) is 0. The van der Waals surface area contributed by atoms with Crippen LogP contribution in [0.3, 0.4) is 0 Å². The maximum absolute atomic E-state index is 12.4. The molecule has 0 unspecified atom stereocenters. The largest absolute Gasteiger partial charge is 0.437 e. The lowest BCUT2D eigenvalue weighted by atomic mass is 10.1. The molecular formula is C15H15N5O4. The van der Waals surface area contributed by atoms with Gasteiger partial charge in [-0.1, -0.05) is 30.3 Å². The molecule has 0 aliphatic rings. The molecule has 0 bridgehead atoms. The van der Waals surface area contributed by atoms with Gasteiger partial charge in [-0.05, 0) is 15.5 Å². The van der Waals surface area contributed by atoms with E-state index in [0.29, 0.717) is 6.42 Å². The highest BCUT2D eigenvalue weighted by Crippen LogP contribution is 2.18. The summed E-state index contributed by atoms with van der Waals surface area (Å²) in [6.45, 7) is 0.213. The van der Waals surface area contributed by atoms with Crippen LogP contribution >= 0.6 is 0 Å². The Labute approximate surface area is 135 Å². The molecule has 0 saturated heterocycles. The van der Waals surface area contributed by atoms with Crippen molar-refractivity contribution in [3.8, 4) is 0 Å². The van der Waals surface area contributed by atoms with Gasteiger partial charge in [0.15, 0.2) is 0 Å². The summed E-state index contributed by atoms with van der Waals surface area (Å²) in [4.78, 5) is 39.0. The number of aromatic nitrogens is 4. The van der Waals surface area contributed by atoms with Crippen molar-refractivity contribution in [2.75, 3.05) is 0 Å². The lowest BCUT2D eigenvalue weighted by Gasteiger charge is -2.04. The summed E-state index contributed by atoms with van der Waals surface area (Å²) in [5, 5.41) is 11.3. The number of hydrogen-bond acceptors (Lipinski definition) is 5. The maximum Gasteiger partial charge on any atom is 0.437 e. The highest BCUT2D eigenvalue weighted by molar-refractivity contribution is 5.72. The van der Waals surface area contributed by atoms with Gasteiger partial charge >= 0.3 is 11.6 Å². The van der Waals surface area contributed by atoms with Crippen molar-refractivity contribution in [1.29, 1.82) is 0 Å². The second-order valence-corrected chi connectivity index (χ2v) is 5.43. The summed E-state index contributed by atoms with van der Waals surface area (Å²) in [6.07, 6.45) is 0.499. The van der Waals surface area contributed by atoms with E-state index >= 15 is 0 Å². The Bertz CT molecular complexity index is 1050. The SMILES string of the molecule is Cn1c(=O)c2c(nc([N+](=O)[O-])n2CCc2ccccc2)n(C)c1=O. The van der Waals surface area contributed by atoms with Gasteiger partial charge in [0, 0.05) is 20.5 Å². The van der Waals surface area contributed by atoms with Gasteiger partial charge in [-0.3, -0.25) is 13.9 Å². The minimum atomic E-state index is -0.644. The first-order valence-corrected chi connectivity index (χ1v) is 7.26. The molecule has 124 valence electrons. The van der Waals surface area contributed by atoms with Crippen molar-refractivity contribution in [3.63, 3.8) is 0 Å². The van der Waals surface area contributed by atoms with E-state index in [-0.39, 0.29) is 17.7 Å². The van der Waals surface area contributed by atoms with Gasteiger partial charge in [0.05, 0.1) is 6.54 Å². The second-order valence-electron chi connectivity index (χ2n) is 5.43.